The number of para-hydroxylation sites is 1. The monoisotopic (exact) mass is 480 g/mol. The summed E-state index contributed by atoms with van der Waals surface area (Å²) >= 11 is 5.30. The van der Waals surface area contributed by atoms with Gasteiger partial charge in [-0.3, -0.25) is 19.3 Å². The number of aromatic amines is 2. The summed E-state index contributed by atoms with van der Waals surface area (Å²) in [5.74, 6) is -2.76. The molecule has 9 nitrogen and oxygen atoms in total. The van der Waals surface area contributed by atoms with Crippen molar-refractivity contribution in [2.75, 3.05) is 0 Å². The average Bonchev–Trinajstić information content (AvgIpc) is 3.25. The number of hydrogen-bond donors (Lipinski definition) is 4. The van der Waals surface area contributed by atoms with Crippen LogP contribution in [-0.2, 0) is 17.9 Å². The van der Waals surface area contributed by atoms with Crippen LogP contribution >= 0.6 is 12.2 Å². The molecule has 13 heteroatoms. The number of alkyl halides is 3. The third-order valence-electron chi connectivity index (χ3n) is 4.55. The molecule has 4 aromatic rings. The zero-order chi connectivity index (χ0) is 24.2. The van der Waals surface area contributed by atoms with Gasteiger partial charge in [0.25, 0.3) is 5.56 Å². The number of carboxylic acids is 1. The molecule has 0 saturated heterocycles. The molecule has 0 spiro atoms. The first kappa shape index (κ1) is 24.1. The summed E-state index contributed by atoms with van der Waals surface area (Å²) in [6, 6.07) is 12.3. The second-order valence-corrected chi connectivity index (χ2v) is 7.44. The number of imidazole rings is 1. The second kappa shape index (κ2) is 9.92. The number of carboxylic acid groups (broad SMARTS) is 1. The van der Waals surface area contributed by atoms with Crippen molar-refractivity contribution < 1.29 is 23.1 Å². The summed E-state index contributed by atoms with van der Waals surface area (Å²) in [4.78, 5) is 35.2. The Morgan fingerprint density at radius 1 is 1.27 bits per heavy atom. The SMILES string of the molecule is CC(Cn1c(=S)[nH]c(=O)c2[nH]cnc21)NCc1ccc2ccccc2n1.O=C(O)C(F)(F)F. The highest BCUT2D eigenvalue weighted by Crippen LogP contribution is 2.13. The number of pyridine rings is 1. The molecule has 1 aromatic carbocycles. The molecule has 1 unspecified atom stereocenters. The molecule has 0 fully saturated rings. The molecule has 0 amide bonds. The Bertz CT molecular complexity index is 1400. The number of carbonyl (C=O) groups is 1. The van der Waals surface area contributed by atoms with Crippen LogP contribution in [0.4, 0.5) is 13.2 Å². The van der Waals surface area contributed by atoms with Crippen molar-refractivity contribution in [3.63, 3.8) is 0 Å². The molecule has 0 aliphatic heterocycles. The van der Waals surface area contributed by atoms with Gasteiger partial charge in [-0.25, -0.2) is 9.78 Å². The van der Waals surface area contributed by atoms with E-state index in [4.69, 9.17) is 22.1 Å². The largest absolute Gasteiger partial charge is 0.490 e. The highest BCUT2D eigenvalue weighted by molar-refractivity contribution is 7.71. The van der Waals surface area contributed by atoms with Crippen LogP contribution in [-0.4, -0.2) is 47.8 Å². The Morgan fingerprint density at radius 3 is 2.67 bits per heavy atom. The van der Waals surface area contributed by atoms with Crippen molar-refractivity contribution >= 4 is 40.3 Å². The van der Waals surface area contributed by atoms with Crippen LogP contribution < -0.4 is 10.9 Å². The van der Waals surface area contributed by atoms with Gasteiger partial charge in [0.1, 0.15) is 5.52 Å². The number of rotatable bonds is 5. The first-order chi connectivity index (χ1) is 15.6. The summed E-state index contributed by atoms with van der Waals surface area (Å²) in [5, 5.41) is 11.7. The molecule has 4 rings (SSSR count). The number of nitrogens with zero attached hydrogens (tertiary/aromatic N) is 3. The van der Waals surface area contributed by atoms with Crippen molar-refractivity contribution in [3.05, 3.63) is 63.5 Å². The van der Waals surface area contributed by atoms with Gasteiger partial charge in [0, 0.05) is 24.5 Å². The van der Waals surface area contributed by atoms with Gasteiger partial charge >= 0.3 is 12.1 Å². The van der Waals surface area contributed by atoms with E-state index in [0.717, 1.165) is 16.6 Å². The van der Waals surface area contributed by atoms with Gasteiger partial charge in [0.15, 0.2) is 10.4 Å². The number of fused-ring (bicyclic) bond motifs is 2. The molecule has 4 N–H and O–H groups in total. The Balaban J connectivity index is 0.000000383. The molecule has 3 aromatic heterocycles. The number of aromatic nitrogens is 5. The van der Waals surface area contributed by atoms with Gasteiger partial charge in [0.2, 0.25) is 0 Å². The van der Waals surface area contributed by atoms with Crippen LogP contribution in [0.25, 0.3) is 22.1 Å². The predicted molar refractivity (Wildman–Crippen MR) is 117 cm³/mol. The Labute approximate surface area is 189 Å². The normalized spacial score (nSPS) is 12.4. The number of H-pyrrole nitrogens is 2. The Morgan fingerprint density at radius 2 is 1.97 bits per heavy atom. The maximum atomic E-state index is 11.9. The average molecular weight is 480 g/mol. The molecule has 33 heavy (non-hydrogen) atoms. The summed E-state index contributed by atoms with van der Waals surface area (Å²) in [5.41, 5.74) is 2.71. The van der Waals surface area contributed by atoms with Crippen molar-refractivity contribution in [2.24, 2.45) is 0 Å². The van der Waals surface area contributed by atoms with E-state index in [1.54, 1.807) is 0 Å². The van der Waals surface area contributed by atoms with E-state index in [1.165, 1.54) is 6.33 Å². The molecular weight excluding hydrogens is 461 g/mol. The van der Waals surface area contributed by atoms with Crippen molar-refractivity contribution in [1.82, 2.24) is 29.8 Å². The lowest BCUT2D eigenvalue weighted by Crippen LogP contribution is -2.31. The quantitative estimate of drug-likeness (QED) is 0.323. The number of benzene rings is 1. The number of aliphatic carboxylic acids is 1. The highest BCUT2D eigenvalue weighted by Gasteiger charge is 2.38. The zero-order valence-electron chi connectivity index (χ0n) is 17.2. The maximum absolute atomic E-state index is 11.9. The van der Waals surface area contributed by atoms with Crippen LogP contribution in [0.5, 0.6) is 0 Å². The molecule has 0 radical (unpaired) electrons. The summed E-state index contributed by atoms with van der Waals surface area (Å²) in [6.07, 6.45) is -3.58. The standard InChI is InChI=1S/C18H18N6OS.C2HF3O2/c1-11(9-24-16-15(20-10-21-16)17(25)23-18(24)26)19-8-13-7-6-12-4-2-3-5-14(12)22-13;3-2(4,5)1(6)7/h2-7,10-11,19H,8-9H2,1H3,(H,20,21)(H,23,25,26);(H,6,7). The van der Waals surface area contributed by atoms with Crippen molar-refractivity contribution in [2.45, 2.75) is 32.2 Å². The minimum atomic E-state index is -5.08. The van der Waals surface area contributed by atoms with E-state index in [9.17, 15) is 18.0 Å². The Kier molecular flexibility index (Phi) is 7.23. The van der Waals surface area contributed by atoms with E-state index in [1.807, 2.05) is 28.8 Å². The van der Waals surface area contributed by atoms with E-state index in [0.29, 0.717) is 29.0 Å². The molecule has 1 atom stereocenters. The van der Waals surface area contributed by atoms with E-state index < -0.39 is 12.1 Å². The minimum Gasteiger partial charge on any atom is -0.475 e. The molecular formula is C20H19F3N6O3S. The fourth-order valence-electron chi connectivity index (χ4n) is 2.98. The predicted octanol–water partition coefficient (Wildman–Crippen LogP) is 3.14. The van der Waals surface area contributed by atoms with Crippen LogP contribution in [0.2, 0.25) is 0 Å². The van der Waals surface area contributed by atoms with Gasteiger partial charge in [-0.1, -0.05) is 24.3 Å². The van der Waals surface area contributed by atoms with Gasteiger partial charge in [0.05, 0.1) is 17.5 Å². The number of halogens is 3. The summed E-state index contributed by atoms with van der Waals surface area (Å²) in [7, 11) is 0. The van der Waals surface area contributed by atoms with Gasteiger partial charge in [-0.15, -0.1) is 0 Å². The van der Waals surface area contributed by atoms with E-state index in [-0.39, 0.29) is 11.6 Å². The lowest BCUT2D eigenvalue weighted by Gasteiger charge is -2.16. The van der Waals surface area contributed by atoms with Crippen LogP contribution in [0.15, 0.2) is 47.5 Å². The van der Waals surface area contributed by atoms with Crippen molar-refractivity contribution in [1.29, 1.82) is 0 Å². The van der Waals surface area contributed by atoms with Crippen LogP contribution in [0.3, 0.4) is 0 Å². The maximum Gasteiger partial charge on any atom is 0.490 e. The van der Waals surface area contributed by atoms with Crippen molar-refractivity contribution in [3.8, 4) is 0 Å². The second-order valence-electron chi connectivity index (χ2n) is 7.05. The zero-order valence-corrected chi connectivity index (χ0v) is 18.0. The van der Waals surface area contributed by atoms with E-state index in [2.05, 4.69) is 44.3 Å². The molecule has 174 valence electrons. The molecule has 0 bridgehead atoms. The first-order valence-electron chi connectivity index (χ1n) is 9.60. The van der Waals surface area contributed by atoms with E-state index >= 15 is 0 Å². The summed E-state index contributed by atoms with van der Waals surface area (Å²) < 4.78 is 33.9. The fourth-order valence-corrected chi connectivity index (χ4v) is 3.23. The smallest absolute Gasteiger partial charge is 0.475 e. The lowest BCUT2D eigenvalue weighted by atomic mass is 10.2. The van der Waals surface area contributed by atoms with Crippen LogP contribution in [0.1, 0.15) is 12.6 Å². The molecule has 0 aliphatic rings. The topological polar surface area (TPSA) is 129 Å². The van der Waals surface area contributed by atoms with Gasteiger partial charge < -0.3 is 15.4 Å². The third kappa shape index (κ3) is 6.02. The van der Waals surface area contributed by atoms with Crippen LogP contribution in [0, 0.1) is 4.77 Å². The van der Waals surface area contributed by atoms with Gasteiger partial charge in [-0.2, -0.15) is 13.2 Å². The number of hydrogen-bond acceptors (Lipinski definition) is 6. The number of nitrogens with one attached hydrogen (secondary N) is 3. The summed E-state index contributed by atoms with van der Waals surface area (Å²) in [6.45, 7) is 3.29. The highest BCUT2D eigenvalue weighted by atomic mass is 32.1. The van der Waals surface area contributed by atoms with Gasteiger partial charge in [-0.05, 0) is 31.3 Å². The minimum absolute atomic E-state index is 0.112. The molecule has 0 aliphatic carbocycles. The molecule has 3 heterocycles. The molecule has 0 saturated carbocycles. The Hall–Kier alpha value is -3.58. The third-order valence-corrected chi connectivity index (χ3v) is 4.88. The lowest BCUT2D eigenvalue weighted by molar-refractivity contribution is -0.192. The first-order valence-corrected chi connectivity index (χ1v) is 10.0. The fraction of sp³-hybridized carbons (Fsp3) is 0.250.